The molecule has 0 aliphatic carbocycles. The first-order chi connectivity index (χ1) is 10.6. The van der Waals surface area contributed by atoms with E-state index in [1.165, 1.54) is 6.21 Å². The summed E-state index contributed by atoms with van der Waals surface area (Å²) in [4.78, 5) is 10.7. The van der Waals surface area contributed by atoms with Gasteiger partial charge in [0.05, 0.1) is 10.7 Å². The van der Waals surface area contributed by atoms with Crippen LogP contribution in [0.1, 0.15) is 11.1 Å². The minimum Gasteiger partial charge on any atom is -0.487 e. The van der Waals surface area contributed by atoms with Crippen molar-refractivity contribution in [1.29, 1.82) is 0 Å². The van der Waals surface area contributed by atoms with Crippen molar-refractivity contribution >= 4 is 44.1 Å². The number of primary amides is 1. The number of hydrogen-bond donors (Lipinski definition) is 2. The molecular formula is C15H13Br2N3O2. The Kier molecular flexibility index (Phi) is 5.97. The van der Waals surface area contributed by atoms with Gasteiger partial charge in [-0.15, -0.1) is 0 Å². The summed E-state index contributed by atoms with van der Waals surface area (Å²) in [5.41, 5.74) is 8.88. The van der Waals surface area contributed by atoms with Crippen molar-refractivity contribution in [2.75, 3.05) is 0 Å². The fourth-order valence-electron chi connectivity index (χ4n) is 1.72. The molecule has 7 heteroatoms. The van der Waals surface area contributed by atoms with Crippen molar-refractivity contribution in [3.8, 4) is 5.75 Å². The van der Waals surface area contributed by atoms with E-state index in [1.54, 1.807) is 0 Å². The molecule has 0 unspecified atom stereocenters. The van der Waals surface area contributed by atoms with Crippen LogP contribution in [0.15, 0.2) is 56.5 Å². The second-order valence-corrected chi connectivity index (χ2v) is 6.08. The van der Waals surface area contributed by atoms with Gasteiger partial charge in [0.15, 0.2) is 0 Å². The predicted octanol–water partition coefficient (Wildman–Crippen LogP) is 3.79. The number of hydrazone groups is 1. The van der Waals surface area contributed by atoms with Gasteiger partial charge in [-0.3, -0.25) is 0 Å². The Labute approximate surface area is 144 Å². The van der Waals surface area contributed by atoms with Gasteiger partial charge in [0.1, 0.15) is 12.4 Å². The molecule has 0 aromatic heterocycles. The van der Waals surface area contributed by atoms with Crippen LogP contribution >= 0.6 is 31.9 Å². The maximum absolute atomic E-state index is 10.7. The maximum Gasteiger partial charge on any atom is 0.332 e. The molecule has 22 heavy (non-hydrogen) atoms. The van der Waals surface area contributed by atoms with Gasteiger partial charge in [0.2, 0.25) is 0 Å². The highest BCUT2D eigenvalue weighted by Gasteiger charge is 2.09. The molecule has 0 heterocycles. The largest absolute Gasteiger partial charge is 0.487 e. The van der Waals surface area contributed by atoms with Gasteiger partial charge < -0.3 is 10.5 Å². The summed E-state index contributed by atoms with van der Waals surface area (Å²) < 4.78 is 7.49. The third-order valence-electron chi connectivity index (χ3n) is 2.64. The fourth-order valence-corrected chi connectivity index (χ4v) is 3.10. The van der Waals surface area contributed by atoms with Crippen LogP contribution in [0.25, 0.3) is 0 Å². The number of benzene rings is 2. The minimum absolute atomic E-state index is 0.422. The van der Waals surface area contributed by atoms with Crippen LogP contribution in [0, 0.1) is 0 Å². The molecule has 0 saturated carbocycles. The third kappa shape index (κ3) is 4.85. The summed E-state index contributed by atoms with van der Waals surface area (Å²) in [6, 6.07) is 12.8. The normalized spacial score (nSPS) is 10.6. The molecule has 2 aromatic carbocycles. The second-order valence-electron chi connectivity index (χ2n) is 4.31. The molecule has 5 nitrogen and oxygen atoms in total. The third-order valence-corrected chi connectivity index (χ3v) is 3.69. The Morgan fingerprint density at radius 3 is 2.68 bits per heavy atom. The minimum atomic E-state index is -0.725. The number of rotatable bonds is 5. The van der Waals surface area contributed by atoms with Gasteiger partial charge in [-0.25, -0.2) is 10.2 Å². The number of nitrogens with two attached hydrogens (primary N) is 1. The monoisotopic (exact) mass is 425 g/mol. The van der Waals surface area contributed by atoms with Crippen LogP contribution < -0.4 is 15.9 Å². The van der Waals surface area contributed by atoms with Gasteiger partial charge >= 0.3 is 6.03 Å². The van der Waals surface area contributed by atoms with Crippen molar-refractivity contribution in [2.45, 2.75) is 6.61 Å². The lowest BCUT2D eigenvalue weighted by Gasteiger charge is -2.12. The summed E-state index contributed by atoms with van der Waals surface area (Å²) >= 11 is 6.87. The number of halogens is 2. The summed E-state index contributed by atoms with van der Waals surface area (Å²) in [6.45, 7) is 0.422. The van der Waals surface area contributed by atoms with Gasteiger partial charge in [0, 0.05) is 10.0 Å². The van der Waals surface area contributed by atoms with Crippen molar-refractivity contribution < 1.29 is 9.53 Å². The number of hydrogen-bond acceptors (Lipinski definition) is 3. The highest BCUT2D eigenvalue weighted by Crippen LogP contribution is 2.32. The lowest BCUT2D eigenvalue weighted by molar-refractivity contribution is 0.249. The van der Waals surface area contributed by atoms with Crippen LogP contribution in [0.2, 0.25) is 0 Å². The van der Waals surface area contributed by atoms with Crippen LogP contribution in [0.3, 0.4) is 0 Å². The van der Waals surface area contributed by atoms with Crippen molar-refractivity contribution in [3.63, 3.8) is 0 Å². The lowest BCUT2D eigenvalue weighted by Crippen LogP contribution is -2.24. The quantitative estimate of drug-likeness (QED) is 0.563. The van der Waals surface area contributed by atoms with Crippen LogP contribution in [0.4, 0.5) is 4.79 Å². The molecule has 2 amide bonds. The van der Waals surface area contributed by atoms with Gasteiger partial charge in [-0.2, -0.15) is 5.10 Å². The number of carbonyl (C=O) groups excluding carboxylic acids is 1. The average molecular weight is 427 g/mol. The highest BCUT2D eigenvalue weighted by atomic mass is 79.9. The van der Waals surface area contributed by atoms with E-state index < -0.39 is 6.03 Å². The van der Waals surface area contributed by atoms with Crippen molar-refractivity contribution in [2.24, 2.45) is 10.8 Å². The summed E-state index contributed by atoms with van der Waals surface area (Å²) in [6.07, 6.45) is 1.47. The van der Waals surface area contributed by atoms with E-state index in [0.717, 1.165) is 14.5 Å². The summed E-state index contributed by atoms with van der Waals surface area (Å²) in [5.74, 6) is 0.627. The van der Waals surface area contributed by atoms with Gasteiger partial charge in [-0.1, -0.05) is 46.3 Å². The summed E-state index contributed by atoms with van der Waals surface area (Å²) in [7, 11) is 0. The van der Waals surface area contributed by atoms with E-state index in [0.29, 0.717) is 17.9 Å². The number of amides is 2. The molecule has 0 radical (unpaired) electrons. The van der Waals surface area contributed by atoms with E-state index >= 15 is 0 Å². The Bertz CT molecular complexity index is 691. The van der Waals surface area contributed by atoms with Crippen LogP contribution in [-0.4, -0.2) is 12.2 Å². The van der Waals surface area contributed by atoms with Crippen molar-refractivity contribution in [1.82, 2.24) is 5.43 Å². The molecule has 0 aliphatic rings. The van der Waals surface area contributed by atoms with E-state index in [1.807, 2.05) is 42.5 Å². The molecule has 0 atom stereocenters. The Morgan fingerprint density at radius 1 is 1.27 bits per heavy atom. The molecule has 0 fully saturated rings. The van der Waals surface area contributed by atoms with E-state index in [4.69, 9.17) is 10.5 Å². The number of carbonyl (C=O) groups is 1. The second kappa shape index (κ2) is 7.95. The first kappa shape index (κ1) is 16.5. The summed E-state index contributed by atoms with van der Waals surface area (Å²) in [5, 5.41) is 3.77. The average Bonchev–Trinajstić information content (AvgIpc) is 2.47. The van der Waals surface area contributed by atoms with Crippen molar-refractivity contribution in [3.05, 3.63) is 62.5 Å². The molecule has 0 saturated heterocycles. The predicted molar refractivity (Wildman–Crippen MR) is 92.9 cm³/mol. The van der Waals surface area contributed by atoms with E-state index in [-0.39, 0.29) is 0 Å². The standard InChI is InChI=1S/C15H13Br2N3O2/c16-12-6-11(8-19-20-15(18)21)14(13(17)7-12)22-9-10-4-2-1-3-5-10/h1-8H,9H2,(H3,18,20,21). The van der Waals surface area contributed by atoms with Gasteiger partial charge in [-0.05, 0) is 33.6 Å². The molecule has 0 aliphatic heterocycles. The Hall–Kier alpha value is -1.86. The molecule has 2 rings (SSSR count). The van der Waals surface area contributed by atoms with E-state index in [9.17, 15) is 4.79 Å². The maximum atomic E-state index is 10.7. The highest BCUT2D eigenvalue weighted by molar-refractivity contribution is 9.11. The SMILES string of the molecule is NC(=O)NN=Cc1cc(Br)cc(Br)c1OCc1ccccc1. The number of nitrogens with one attached hydrogen (secondary N) is 1. The topological polar surface area (TPSA) is 76.7 Å². The zero-order valence-corrected chi connectivity index (χ0v) is 14.6. The first-order valence-electron chi connectivity index (χ1n) is 6.30. The number of urea groups is 1. The molecule has 0 spiro atoms. The number of ether oxygens (including phenoxy) is 1. The molecule has 114 valence electrons. The van der Waals surface area contributed by atoms with Crippen LogP contribution in [-0.2, 0) is 6.61 Å². The number of nitrogens with zero attached hydrogens (tertiary/aromatic N) is 1. The molecule has 2 aromatic rings. The Balaban J connectivity index is 2.21. The lowest BCUT2D eigenvalue weighted by atomic mass is 10.2. The fraction of sp³-hybridized carbons (Fsp3) is 0.0667. The molecule has 0 bridgehead atoms. The van der Waals surface area contributed by atoms with Gasteiger partial charge in [0.25, 0.3) is 0 Å². The zero-order valence-electron chi connectivity index (χ0n) is 11.4. The van der Waals surface area contributed by atoms with Crippen LogP contribution in [0.5, 0.6) is 5.75 Å². The smallest absolute Gasteiger partial charge is 0.332 e. The first-order valence-corrected chi connectivity index (χ1v) is 7.89. The zero-order chi connectivity index (χ0) is 15.9. The molecular weight excluding hydrogens is 414 g/mol. The molecule has 3 N–H and O–H groups in total. The Morgan fingerprint density at radius 2 is 2.00 bits per heavy atom. The van der Waals surface area contributed by atoms with E-state index in [2.05, 4.69) is 42.4 Å².